The first-order chi connectivity index (χ1) is 19.3. The Morgan fingerprint density at radius 1 is 0.725 bits per heavy atom. The summed E-state index contributed by atoms with van der Waals surface area (Å²) in [5.41, 5.74) is 4.72. The highest BCUT2D eigenvalue weighted by Gasteiger charge is 2.52. The van der Waals surface area contributed by atoms with Gasteiger partial charge in [0.2, 0.25) is 0 Å². The molecule has 0 amide bonds. The first-order valence-electron chi connectivity index (χ1n) is 14.8. The lowest BCUT2D eigenvalue weighted by Gasteiger charge is -2.45. The topological polar surface area (TPSA) is 26.3 Å². The van der Waals surface area contributed by atoms with E-state index in [4.69, 9.17) is 4.52 Å². The van der Waals surface area contributed by atoms with Gasteiger partial charge in [-0.2, -0.15) is 0 Å². The van der Waals surface area contributed by atoms with Gasteiger partial charge in [0.05, 0.1) is 10.5 Å². The molecule has 0 aromatic heterocycles. The Labute approximate surface area is 241 Å². The van der Waals surface area contributed by atoms with Gasteiger partial charge in [0.15, 0.2) is 0 Å². The highest BCUT2D eigenvalue weighted by molar-refractivity contribution is 7.69. The summed E-state index contributed by atoms with van der Waals surface area (Å²) in [5, 5.41) is 0.308. The molecule has 5 unspecified atom stereocenters. The van der Waals surface area contributed by atoms with Gasteiger partial charge in [0, 0.05) is 5.56 Å². The monoisotopic (exact) mass is 550 g/mol. The number of hydrogen-bond acceptors (Lipinski definition) is 2. The second-order valence-electron chi connectivity index (χ2n) is 12.1. The Morgan fingerprint density at radius 3 is 1.95 bits per heavy atom. The largest absolute Gasteiger partial charge is 0.439 e. The molecule has 5 atom stereocenters. The van der Waals surface area contributed by atoms with Crippen LogP contribution in [0.5, 0.6) is 5.75 Å². The third kappa shape index (κ3) is 4.97. The van der Waals surface area contributed by atoms with Gasteiger partial charge in [-0.1, -0.05) is 131 Å². The third-order valence-electron chi connectivity index (χ3n) is 9.86. The van der Waals surface area contributed by atoms with Gasteiger partial charge in [0.1, 0.15) is 5.75 Å². The van der Waals surface area contributed by atoms with E-state index < -0.39 is 12.5 Å². The Bertz CT molecular complexity index is 1480. The zero-order valence-electron chi connectivity index (χ0n) is 24.6. The minimum Gasteiger partial charge on any atom is -0.439 e. The number of fused-ring (bicyclic) bond motifs is 3. The molecule has 0 saturated carbocycles. The molecule has 5 rings (SSSR count). The SMILES string of the molecule is CCC(C)C(C)(CC(CC(C)(CC)P1(=O)Oc2ccccc2-c2ccccc21)c1ccccc1)c1ccccc1. The molecule has 3 heteroatoms. The van der Waals surface area contributed by atoms with Crippen molar-refractivity contribution in [3.05, 3.63) is 120 Å². The number of rotatable bonds is 10. The molecule has 2 nitrogen and oxygen atoms in total. The van der Waals surface area contributed by atoms with E-state index in [1.165, 1.54) is 11.1 Å². The Morgan fingerprint density at radius 2 is 1.30 bits per heavy atom. The molecule has 0 bridgehead atoms. The smallest absolute Gasteiger partial charge is 0.283 e. The predicted molar refractivity (Wildman–Crippen MR) is 170 cm³/mol. The minimum atomic E-state index is -3.30. The maximum Gasteiger partial charge on any atom is 0.283 e. The summed E-state index contributed by atoms with van der Waals surface area (Å²) in [5.74, 6) is 1.43. The van der Waals surface area contributed by atoms with Crippen LogP contribution in [0.15, 0.2) is 109 Å². The molecule has 0 fully saturated rings. The lowest BCUT2D eigenvalue weighted by molar-refractivity contribution is 0.251. The van der Waals surface area contributed by atoms with E-state index in [1.807, 2.05) is 36.4 Å². The molecule has 40 heavy (non-hydrogen) atoms. The summed E-state index contributed by atoms with van der Waals surface area (Å²) in [4.78, 5) is 0. The Kier molecular flexibility index (Phi) is 8.12. The van der Waals surface area contributed by atoms with E-state index in [9.17, 15) is 0 Å². The molecule has 0 radical (unpaired) electrons. The van der Waals surface area contributed by atoms with E-state index in [1.54, 1.807) is 0 Å². The van der Waals surface area contributed by atoms with Crippen LogP contribution in [0.2, 0.25) is 0 Å². The van der Waals surface area contributed by atoms with Crippen molar-refractivity contribution in [2.45, 2.75) is 76.8 Å². The first kappa shape index (κ1) is 28.4. The van der Waals surface area contributed by atoms with Crippen LogP contribution in [0.25, 0.3) is 11.1 Å². The van der Waals surface area contributed by atoms with Crippen molar-refractivity contribution < 1.29 is 9.09 Å². The van der Waals surface area contributed by atoms with Gasteiger partial charge in [-0.3, -0.25) is 4.57 Å². The van der Waals surface area contributed by atoms with Crippen molar-refractivity contribution in [2.75, 3.05) is 0 Å². The fourth-order valence-corrected chi connectivity index (χ4v) is 9.74. The van der Waals surface area contributed by atoms with Crippen molar-refractivity contribution in [3.63, 3.8) is 0 Å². The summed E-state index contributed by atoms with van der Waals surface area (Å²) < 4.78 is 22.1. The van der Waals surface area contributed by atoms with Crippen LogP contribution in [0.4, 0.5) is 0 Å². The molecule has 0 saturated heterocycles. The van der Waals surface area contributed by atoms with Crippen molar-refractivity contribution in [1.29, 1.82) is 0 Å². The van der Waals surface area contributed by atoms with Gasteiger partial charge in [-0.05, 0) is 72.3 Å². The maximum atomic E-state index is 15.4. The van der Waals surface area contributed by atoms with Gasteiger partial charge in [-0.15, -0.1) is 0 Å². The number of hydrogen-bond donors (Lipinski definition) is 0. The summed E-state index contributed by atoms with van der Waals surface area (Å²) in [6, 6.07) is 38.1. The summed E-state index contributed by atoms with van der Waals surface area (Å²) >= 11 is 0. The van der Waals surface area contributed by atoms with Crippen molar-refractivity contribution in [2.24, 2.45) is 5.92 Å². The first-order valence-corrected chi connectivity index (χ1v) is 16.5. The fourth-order valence-electron chi connectivity index (χ4n) is 6.74. The lowest BCUT2D eigenvalue weighted by atomic mass is 9.64. The summed E-state index contributed by atoms with van der Waals surface area (Å²) in [7, 11) is -3.30. The third-order valence-corrected chi connectivity index (χ3v) is 13.3. The van der Waals surface area contributed by atoms with Crippen LogP contribution in [0, 0.1) is 5.92 Å². The van der Waals surface area contributed by atoms with Crippen molar-refractivity contribution in [3.8, 4) is 16.9 Å². The summed E-state index contributed by atoms with van der Waals surface area (Å²) in [6.07, 6.45) is 3.61. The lowest BCUT2D eigenvalue weighted by Crippen LogP contribution is -2.38. The molecule has 0 spiro atoms. The highest BCUT2D eigenvalue weighted by atomic mass is 31.2. The van der Waals surface area contributed by atoms with Crippen LogP contribution >= 0.6 is 7.37 Å². The average Bonchev–Trinajstić information content (AvgIpc) is 3.01. The molecule has 1 aliphatic rings. The van der Waals surface area contributed by atoms with E-state index in [0.717, 1.165) is 47.9 Å². The standard InChI is InChI=1S/C37H43O2P/c1-6-28(3)37(5,31-20-12-9-13-21-31)27-30(29-18-10-8-11-19-29)26-36(4,7-2)40(38)35-25-17-15-23-33(35)32-22-14-16-24-34(32)39-40/h8-25,28,30H,6-7,26-27H2,1-5H3. The molecular formula is C37H43O2P. The molecule has 0 N–H and O–H groups in total. The Hall–Kier alpha value is -3.09. The van der Waals surface area contributed by atoms with E-state index >= 15 is 4.57 Å². The zero-order chi connectivity index (χ0) is 28.4. The Balaban J connectivity index is 1.61. The van der Waals surface area contributed by atoms with Crippen LogP contribution in [0.3, 0.4) is 0 Å². The van der Waals surface area contributed by atoms with Crippen LogP contribution in [-0.4, -0.2) is 5.16 Å². The van der Waals surface area contributed by atoms with Gasteiger partial charge in [0.25, 0.3) is 7.37 Å². The molecule has 1 aliphatic heterocycles. The quantitative estimate of drug-likeness (QED) is 0.184. The number of benzene rings is 4. The van der Waals surface area contributed by atoms with Crippen molar-refractivity contribution in [1.82, 2.24) is 0 Å². The molecule has 4 aromatic carbocycles. The molecule has 208 valence electrons. The zero-order valence-corrected chi connectivity index (χ0v) is 25.5. The van der Waals surface area contributed by atoms with Gasteiger partial charge < -0.3 is 4.52 Å². The minimum absolute atomic E-state index is 0.0302. The maximum absolute atomic E-state index is 15.4. The highest BCUT2D eigenvalue weighted by Crippen LogP contribution is 2.66. The van der Waals surface area contributed by atoms with Crippen LogP contribution in [-0.2, 0) is 9.98 Å². The molecule has 4 aromatic rings. The van der Waals surface area contributed by atoms with E-state index in [0.29, 0.717) is 5.92 Å². The number of para-hydroxylation sites is 1. The van der Waals surface area contributed by atoms with E-state index in [2.05, 4.69) is 107 Å². The van der Waals surface area contributed by atoms with Gasteiger partial charge in [-0.25, -0.2) is 0 Å². The van der Waals surface area contributed by atoms with Gasteiger partial charge >= 0.3 is 0 Å². The normalized spacial score (nSPS) is 20.6. The fraction of sp³-hybridized carbons (Fsp3) is 0.351. The predicted octanol–water partition coefficient (Wildman–Crippen LogP) is 10.4. The molecular weight excluding hydrogens is 507 g/mol. The second-order valence-corrected chi connectivity index (χ2v) is 15.0. The summed E-state index contributed by atoms with van der Waals surface area (Å²) in [6.45, 7) is 11.5. The molecule has 0 aliphatic carbocycles. The van der Waals surface area contributed by atoms with Crippen LogP contribution < -0.4 is 9.83 Å². The molecule has 1 heterocycles. The van der Waals surface area contributed by atoms with Crippen molar-refractivity contribution >= 4 is 12.7 Å². The van der Waals surface area contributed by atoms with E-state index in [-0.39, 0.29) is 11.3 Å². The van der Waals surface area contributed by atoms with Crippen LogP contribution in [0.1, 0.15) is 77.3 Å². The average molecular weight is 551 g/mol. The second kappa shape index (κ2) is 11.4.